The van der Waals surface area contributed by atoms with E-state index in [0.717, 1.165) is 25.7 Å². The molecular formula is C16H27N3O3. The number of carbonyl (C=O) groups is 2. The van der Waals surface area contributed by atoms with Gasteiger partial charge in [-0.25, -0.2) is 9.59 Å². The molecule has 2 rings (SSSR count). The second-order valence-electron chi connectivity index (χ2n) is 5.94. The van der Waals surface area contributed by atoms with E-state index in [0.29, 0.717) is 19.7 Å². The normalized spacial score (nSPS) is 19.5. The van der Waals surface area contributed by atoms with E-state index < -0.39 is 0 Å². The van der Waals surface area contributed by atoms with Crippen molar-refractivity contribution >= 4 is 12.1 Å². The van der Waals surface area contributed by atoms with Gasteiger partial charge in [0.2, 0.25) is 0 Å². The van der Waals surface area contributed by atoms with Crippen LogP contribution in [0.15, 0.2) is 11.8 Å². The first-order chi connectivity index (χ1) is 10.7. The zero-order valence-corrected chi connectivity index (χ0v) is 13.4. The quantitative estimate of drug-likeness (QED) is 0.842. The number of amides is 3. The van der Waals surface area contributed by atoms with Crippen molar-refractivity contribution in [1.82, 2.24) is 15.5 Å². The van der Waals surface area contributed by atoms with E-state index in [1.807, 2.05) is 6.20 Å². The minimum absolute atomic E-state index is 0.121. The molecule has 0 aromatic carbocycles. The predicted octanol–water partition coefficient (Wildman–Crippen LogP) is 2.75. The third-order valence-electron chi connectivity index (χ3n) is 4.26. The molecule has 2 aliphatic rings. The van der Waals surface area contributed by atoms with E-state index in [-0.39, 0.29) is 18.2 Å². The van der Waals surface area contributed by atoms with Crippen LogP contribution in [0.25, 0.3) is 0 Å². The Morgan fingerprint density at radius 3 is 2.55 bits per heavy atom. The number of piperidine rings is 1. The topological polar surface area (TPSA) is 70.7 Å². The van der Waals surface area contributed by atoms with Crippen LogP contribution in [-0.2, 0) is 4.74 Å². The number of allylic oxidation sites excluding steroid dienone is 1. The number of ether oxygens (including phenoxy) is 1. The Hall–Kier alpha value is -1.72. The summed E-state index contributed by atoms with van der Waals surface area (Å²) < 4.78 is 4.98. The van der Waals surface area contributed by atoms with E-state index >= 15 is 0 Å². The van der Waals surface area contributed by atoms with Gasteiger partial charge in [-0.2, -0.15) is 0 Å². The molecule has 1 aliphatic heterocycles. The molecule has 1 aliphatic carbocycles. The molecule has 1 saturated carbocycles. The summed E-state index contributed by atoms with van der Waals surface area (Å²) in [6, 6.07) is -0.0249. The van der Waals surface area contributed by atoms with Crippen LogP contribution < -0.4 is 10.6 Å². The van der Waals surface area contributed by atoms with Crippen LogP contribution >= 0.6 is 0 Å². The molecule has 0 bridgehead atoms. The van der Waals surface area contributed by atoms with Crippen LogP contribution in [-0.4, -0.2) is 42.8 Å². The highest BCUT2D eigenvalue weighted by molar-refractivity contribution is 5.75. The Labute approximate surface area is 132 Å². The van der Waals surface area contributed by atoms with E-state index in [4.69, 9.17) is 4.74 Å². The highest BCUT2D eigenvalue weighted by atomic mass is 16.6. The van der Waals surface area contributed by atoms with E-state index in [1.54, 1.807) is 11.8 Å². The van der Waals surface area contributed by atoms with Crippen molar-refractivity contribution in [3.05, 3.63) is 11.8 Å². The molecule has 124 valence electrons. The first kappa shape index (κ1) is 16.6. The average molecular weight is 309 g/mol. The summed E-state index contributed by atoms with van der Waals surface area (Å²) in [7, 11) is 0. The summed E-state index contributed by atoms with van der Waals surface area (Å²) in [5.74, 6) is 0. The molecule has 0 radical (unpaired) electrons. The Morgan fingerprint density at radius 2 is 1.91 bits per heavy atom. The summed E-state index contributed by atoms with van der Waals surface area (Å²) in [4.78, 5) is 25.2. The maximum Gasteiger partial charge on any atom is 0.409 e. The summed E-state index contributed by atoms with van der Waals surface area (Å²) in [5, 5.41) is 5.81. The van der Waals surface area contributed by atoms with Crippen LogP contribution in [0, 0.1) is 0 Å². The highest BCUT2D eigenvalue weighted by Gasteiger charge is 2.24. The van der Waals surface area contributed by atoms with Crippen LogP contribution in [0.2, 0.25) is 0 Å². The monoisotopic (exact) mass is 309 g/mol. The molecule has 0 atom stereocenters. The lowest BCUT2D eigenvalue weighted by Gasteiger charge is -2.31. The van der Waals surface area contributed by atoms with Crippen molar-refractivity contribution < 1.29 is 14.3 Å². The third kappa shape index (κ3) is 5.24. The minimum Gasteiger partial charge on any atom is -0.450 e. The molecule has 1 saturated heterocycles. The molecule has 0 unspecified atom stereocenters. The number of rotatable bonds is 3. The molecule has 2 N–H and O–H groups in total. The smallest absolute Gasteiger partial charge is 0.409 e. The summed E-state index contributed by atoms with van der Waals surface area (Å²) in [6.07, 6.45) is 9.07. The van der Waals surface area contributed by atoms with Crippen LogP contribution in [0.3, 0.4) is 0 Å². The molecular weight excluding hydrogens is 282 g/mol. The Bertz CT molecular complexity index is 407. The molecule has 0 aromatic heterocycles. The van der Waals surface area contributed by atoms with Gasteiger partial charge in [0.05, 0.1) is 6.61 Å². The summed E-state index contributed by atoms with van der Waals surface area (Å²) in [5.41, 5.74) is 1.33. The zero-order valence-electron chi connectivity index (χ0n) is 13.4. The van der Waals surface area contributed by atoms with Gasteiger partial charge >= 0.3 is 12.1 Å². The first-order valence-electron chi connectivity index (χ1n) is 8.35. The van der Waals surface area contributed by atoms with Crippen molar-refractivity contribution in [2.45, 2.75) is 57.9 Å². The third-order valence-corrected chi connectivity index (χ3v) is 4.26. The number of nitrogens with zero attached hydrogens (tertiary/aromatic N) is 1. The van der Waals surface area contributed by atoms with Gasteiger partial charge in [0.15, 0.2) is 0 Å². The van der Waals surface area contributed by atoms with Crippen molar-refractivity contribution in [2.24, 2.45) is 0 Å². The Morgan fingerprint density at radius 1 is 1.23 bits per heavy atom. The Balaban J connectivity index is 1.67. The van der Waals surface area contributed by atoms with Gasteiger partial charge in [-0.05, 0) is 45.4 Å². The number of carbonyl (C=O) groups excluding carboxylic acids is 2. The van der Waals surface area contributed by atoms with Crippen molar-refractivity contribution in [1.29, 1.82) is 0 Å². The summed E-state index contributed by atoms with van der Waals surface area (Å²) >= 11 is 0. The first-order valence-corrected chi connectivity index (χ1v) is 8.35. The highest BCUT2D eigenvalue weighted by Crippen LogP contribution is 2.21. The Kier molecular flexibility index (Phi) is 6.55. The van der Waals surface area contributed by atoms with Gasteiger partial charge in [0.1, 0.15) is 0 Å². The second kappa shape index (κ2) is 8.66. The number of hydrogen-bond donors (Lipinski definition) is 2. The zero-order chi connectivity index (χ0) is 15.8. The van der Waals surface area contributed by atoms with E-state index in [9.17, 15) is 9.59 Å². The fraction of sp³-hybridized carbons (Fsp3) is 0.750. The molecule has 22 heavy (non-hydrogen) atoms. The maximum atomic E-state index is 11.9. The fourth-order valence-electron chi connectivity index (χ4n) is 2.97. The minimum atomic E-state index is -0.257. The van der Waals surface area contributed by atoms with E-state index in [1.165, 1.54) is 24.8 Å². The summed E-state index contributed by atoms with van der Waals surface area (Å²) in [6.45, 7) is 3.46. The lowest BCUT2D eigenvalue weighted by atomic mass is 9.96. The SMILES string of the molecule is CCOC(=O)N1CCC(NC(=O)NC=C2CCCCC2)CC1. The van der Waals surface area contributed by atoms with Gasteiger partial charge in [0.25, 0.3) is 0 Å². The van der Waals surface area contributed by atoms with Crippen LogP contribution in [0.4, 0.5) is 9.59 Å². The molecule has 6 heteroatoms. The predicted molar refractivity (Wildman–Crippen MR) is 84.5 cm³/mol. The average Bonchev–Trinajstić information content (AvgIpc) is 2.55. The van der Waals surface area contributed by atoms with Gasteiger partial charge in [-0.1, -0.05) is 12.0 Å². The molecule has 6 nitrogen and oxygen atoms in total. The lowest BCUT2D eigenvalue weighted by Crippen LogP contribution is -2.48. The van der Waals surface area contributed by atoms with Gasteiger partial charge in [0, 0.05) is 25.3 Å². The number of hydrogen-bond acceptors (Lipinski definition) is 3. The molecule has 1 heterocycles. The maximum absolute atomic E-state index is 11.9. The van der Waals surface area contributed by atoms with Gasteiger partial charge in [-0.15, -0.1) is 0 Å². The fourth-order valence-corrected chi connectivity index (χ4v) is 2.97. The molecule has 0 spiro atoms. The van der Waals surface area contributed by atoms with Crippen molar-refractivity contribution in [3.63, 3.8) is 0 Å². The van der Waals surface area contributed by atoms with E-state index in [2.05, 4.69) is 10.6 Å². The van der Waals surface area contributed by atoms with Crippen LogP contribution in [0.5, 0.6) is 0 Å². The van der Waals surface area contributed by atoms with Gasteiger partial charge < -0.3 is 20.3 Å². The molecule has 2 fully saturated rings. The number of urea groups is 1. The molecule has 3 amide bonds. The number of nitrogens with one attached hydrogen (secondary N) is 2. The largest absolute Gasteiger partial charge is 0.450 e. The van der Waals surface area contributed by atoms with Crippen molar-refractivity contribution in [2.75, 3.05) is 19.7 Å². The lowest BCUT2D eigenvalue weighted by molar-refractivity contribution is 0.0958. The second-order valence-corrected chi connectivity index (χ2v) is 5.94. The molecule has 0 aromatic rings. The van der Waals surface area contributed by atoms with Crippen LogP contribution in [0.1, 0.15) is 51.9 Å². The number of likely N-dealkylation sites (tertiary alicyclic amines) is 1. The van der Waals surface area contributed by atoms with Gasteiger partial charge in [-0.3, -0.25) is 0 Å². The standard InChI is InChI=1S/C16H27N3O3/c1-2-22-16(21)19-10-8-14(9-11-19)18-15(20)17-12-13-6-4-3-5-7-13/h12,14H,2-11H2,1H3,(H2,17,18,20). The van der Waals surface area contributed by atoms with Crippen molar-refractivity contribution in [3.8, 4) is 0 Å².